The summed E-state index contributed by atoms with van der Waals surface area (Å²) in [5, 5.41) is 3.54. The zero-order chi connectivity index (χ0) is 15.2. The Kier molecular flexibility index (Phi) is 5.45. The molecule has 1 aromatic heterocycles. The molecule has 2 aromatic rings. The van der Waals surface area contributed by atoms with Gasteiger partial charge in [-0.1, -0.05) is 12.1 Å². The predicted molar refractivity (Wildman–Crippen MR) is 88.0 cm³/mol. The molecule has 0 fully saturated rings. The van der Waals surface area contributed by atoms with Gasteiger partial charge < -0.3 is 14.6 Å². The summed E-state index contributed by atoms with van der Waals surface area (Å²) in [6, 6.07) is 10.6. The maximum atomic E-state index is 5.25. The van der Waals surface area contributed by atoms with E-state index in [1.807, 2.05) is 12.1 Å². The van der Waals surface area contributed by atoms with Crippen LogP contribution >= 0.6 is 0 Å². The first kappa shape index (κ1) is 15.6. The second-order valence-corrected chi connectivity index (χ2v) is 5.42. The normalized spacial score (nSPS) is 10.9. The van der Waals surface area contributed by atoms with E-state index in [1.54, 1.807) is 7.11 Å². The number of rotatable bonds is 7. The highest BCUT2D eigenvalue weighted by Gasteiger charge is 2.06. The average molecular weight is 286 g/mol. The predicted octanol–water partition coefficient (Wildman–Crippen LogP) is 3.47. The van der Waals surface area contributed by atoms with Gasteiger partial charge in [-0.3, -0.25) is 0 Å². The molecular weight excluding hydrogens is 260 g/mol. The summed E-state index contributed by atoms with van der Waals surface area (Å²) in [5.74, 6) is 0.930. The van der Waals surface area contributed by atoms with E-state index in [0.717, 1.165) is 31.8 Å². The van der Waals surface area contributed by atoms with Crippen molar-refractivity contribution in [3.8, 4) is 5.75 Å². The molecule has 1 aromatic carbocycles. The molecule has 0 aliphatic carbocycles. The Balaban J connectivity index is 1.84. The second kappa shape index (κ2) is 7.32. The second-order valence-electron chi connectivity index (χ2n) is 5.42. The zero-order valence-corrected chi connectivity index (χ0v) is 13.6. The molecule has 0 saturated carbocycles. The number of aryl methyl sites for hydroxylation is 1. The third kappa shape index (κ3) is 3.88. The molecule has 21 heavy (non-hydrogen) atoms. The Hall–Kier alpha value is -1.74. The number of nitrogens with one attached hydrogen (secondary N) is 1. The molecule has 1 N–H and O–H groups in total. The van der Waals surface area contributed by atoms with Crippen LogP contribution in [0.2, 0.25) is 0 Å². The monoisotopic (exact) mass is 286 g/mol. The number of hydrogen-bond acceptors (Lipinski definition) is 2. The maximum Gasteiger partial charge on any atom is 0.119 e. The zero-order valence-electron chi connectivity index (χ0n) is 13.6. The number of methoxy groups -OCH3 is 1. The third-order valence-electron chi connectivity index (χ3n) is 4.03. The summed E-state index contributed by atoms with van der Waals surface area (Å²) < 4.78 is 7.61. The minimum atomic E-state index is 0.930. The molecule has 0 saturated heterocycles. The van der Waals surface area contributed by atoms with Gasteiger partial charge in [-0.25, -0.2) is 0 Å². The molecule has 1 heterocycles. The number of benzene rings is 1. The van der Waals surface area contributed by atoms with Crippen molar-refractivity contribution in [2.45, 2.75) is 40.3 Å². The summed E-state index contributed by atoms with van der Waals surface area (Å²) in [6.07, 6.45) is 1.02. The van der Waals surface area contributed by atoms with E-state index in [4.69, 9.17) is 4.74 Å². The summed E-state index contributed by atoms with van der Waals surface area (Å²) in [7, 11) is 1.71. The summed E-state index contributed by atoms with van der Waals surface area (Å²) in [4.78, 5) is 0. The van der Waals surface area contributed by atoms with E-state index in [2.05, 4.69) is 48.9 Å². The Morgan fingerprint density at radius 2 is 2.00 bits per heavy atom. The van der Waals surface area contributed by atoms with Crippen molar-refractivity contribution in [3.05, 3.63) is 52.8 Å². The Bertz CT molecular complexity index is 587. The first-order valence-electron chi connectivity index (χ1n) is 7.65. The van der Waals surface area contributed by atoms with Crippen molar-refractivity contribution < 1.29 is 4.74 Å². The smallest absolute Gasteiger partial charge is 0.119 e. The van der Waals surface area contributed by atoms with Gasteiger partial charge in [0, 0.05) is 24.5 Å². The maximum absolute atomic E-state index is 5.25. The quantitative estimate of drug-likeness (QED) is 0.789. The molecule has 0 amide bonds. The molecule has 0 aliphatic heterocycles. The molecule has 3 nitrogen and oxygen atoms in total. The van der Waals surface area contributed by atoms with E-state index in [0.29, 0.717) is 0 Å². The van der Waals surface area contributed by atoms with Gasteiger partial charge in [0.1, 0.15) is 5.75 Å². The minimum absolute atomic E-state index is 0.930. The highest BCUT2D eigenvalue weighted by Crippen LogP contribution is 2.15. The summed E-state index contributed by atoms with van der Waals surface area (Å²) in [5.41, 5.74) is 5.43. The standard InChI is InChI=1S/C18H26N2O/c1-5-20-14(2)11-17(15(20)3)13-19-10-9-16-7-6-8-18(12-16)21-4/h6-8,11-12,19H,5,9-10,13H2,1-4H3. The van der Waals surface area contributed by atoms with Gasteiger partial charge in [0.25, 0.3) is 0 Å². The largest absolute Gasteiger partial charge is 0.497 e. The number of hydrogen-bond donors (Lipinski definition) is 1. The molecule has 114 valence electrons. The summed E-state index contributed by atoms with van der Waals surface area (Å²) in [6.45, 7) is 9.53. The van der Waals surface area contributed by atoms with Crippen LogP contribution in [0.25, 0.3) is 0 Å². The topological polar surface area (TPSA) is 26.2 Å². The Morgan fingerprint density at radius 3 is 2.67 bits per heavy atom. The van der Waals surface area contributed by atoms with Crippen molar-refractivity contribution in [1.29, 1.82) is 0 Å². The van der Waals surface area contributed by atoms with Crippen LogP contribution in [-0.2, 0) is 19.5 Å². The van der Waals surface area contributed by atoms with Crippen molar-refractivity contribution in [3.63, 3.8) is 0 Å². The lowest BCUT2D eigenvalue weighted by molar-refractivity contribution is 0.414. The fourth-order valence-corrected chi connectivity index (χ4v) is 2.82. The van der Waals surface area contributed by atoms with E-state index >= 15 is 0 Å². The van der Waals surface area contributed by atoms with Crippen molar-refractivity contribution >= 4 is 0 Å². The van der Waals surface area contributed by atoms with Gasteiger partial charge in [-0.05, 0) is 63.1 Å². The van der Waals surface area contributed by atoms with E-state index in [1.165, 1.54) is 22.5 Å². The van der Waals surface area contributed by atoms with Gasteiger partial charge in [0.2, 0.25) is 0 Å². The lowest BCUT2D eigenvalue weighted by Crippen LogP contribution is -2.17. The lowest BCUT2D eigenvalue weighted by Gasteiger charge is -2.08. The number of aromatic nitrogens is 1. The van der Waals surface area contributed by atoms with Gasteiger partial charge in [0.15, 0.2) is 0 Å². The molecule has 0 atom stereocenters. The molecule has 0 unspecified atom stereocenters. The van der Waals surface area contributed by atoms with E-state index in [-0.39, 0.29) is 0 Å². The van der Waals surface area contributed by atoms with Crippen LogP contribution in [0, 0.1) is 13.8 Å². The third-order valence-corrected chi connectivity index (χ3v) is 4.03. The molecular formula is C18H26N2O. The number of nitrogens with zero attached hydrogens (tertiary/aromatic N) is 1. The van der Waals surface area contributed by atoms with Crippen molar-refractivity contribution in [1.82, 2.24) is 9.88 Å². The van der Waals surface area contributed by atoms with Crippen LogP contribution in [-0.4, -0.2) is 18.2 Å². The molecule has 0 radical (unpaired) electrons. The first-order chi connectivity index (χ1) is 10.2. The fourth-order valence-electron chi connectivity index (χ4n) is 2.82. The van der Waals surface area contributed by atoms with Gasteiger partial charge in [-0.15, -0.1) is 0 Å². The van der Waals surface area contributed by atoms with Crippen molar-refractivity contribution in [2.75, 3.05) is 13.7 Å². The van der Waals surface area contributed by atoms with Gasteiger partial charge >= 0.3 is 0 Å². The van der Waals surface area contributed by atoms with Crippen LogP contribution in [0.1, 0.15) is 29.4 Å². The number of ether oxygens (including phenoxy) is 1. The molecule has 0 bridgehead atoms. The highest BCUT2D eigenvalue weighted by molar-refractivity contribution is 5.29. The molecule has 3 heteroatoms. The Labute approximate surface area is 127 Å². The van der Waals surface area contributed by atoms with Crippen LogP contribution in [0.15, 0.2) is 30.3 Å². The molecule has 0 spiro atoms. The van der Waals surface area contributed by atoms with Crippen LogP contribution in [0.3, 0.4) is 0 Å². The van der Waals surface area contributed by atoms with E-state index in [9.17, 15) is 0 Å². The van der Waals surface area contributed by atoms with Crippen molar-refractivity contribution in [2.24, 2.45) is 0 Å². The van der Waals surface area contributed by atoms with Crippen LogP contribution in [0.4, 0.5) is 0 Å². The van der Waals surface area contributed by atoms with Crippen LogP contribution in [0.5, 0.6) is 5.75 Å². The van der Waals surface area contributed by atoms with Gasteiger partial charge in [0.05, 0.1) is 7.11 Å². The fraction of sp³-hybridized carbons (Fsp3) is 0.444. The highest BCUT2D eigenvalue weighted by atomic mass is 16.5. The summed E-state index contributed by atoms with van der Waals surface area (Å²) >= 11 is 0. The van der Waals surface area contributed by atoms with Gasteiger partial charge in [-0.2, -0.15) is 0 Å². The molecule has 2 rings (SSSR count). The van der Waals surface area contributed by atoms with Crippen LogP contribution < -0.4 is 10.1 Å². The minimum Gasteiger partial charge on any atom is -0.497 e. The lowest BCUT2D eigenvalue weighted by atomic mass is 10.1. The van der Waals surface area contributed by atoms with E-state index < -0.39 is 0 Å². The SMILES string of the molecule is CCn1c(C)cc(CNCCc2cccc(OC)c2)c1C. The first-order valence-corrected chi connectivity index (χ1v) is 7.65. The Morgan fingerprint density at radius 1 is 1.19 bits per heavy atom. The average Bonchev–Trinajstić information content (AvgIpc) is 2.77. The molecule has 0 aliphatic rings.